The van der Waals surface area contributed by atoms with Crippen molar-refractivity contribution < 1.29 is 0 Å². The molecule has 1 heterocycles. The van der Waals surface area contributed by atoms with Crippen molar-refractivity contribution in [3.05, 3.63) is 59.7 Å². The molecule has 0 spiro atoms. The fourth-order valence-electron chi connectivity index (χ4n) is 2.65. The molecule has 25 heavy (non-hydrogen) atoms. The summed E-state index contributed by atoms with van der Waals surface area (Å²) in [6, 6.07) is 17.1. The van der Waals surface area contributed by atoms with E-state index in [1.54, 1.807) is 11.8 Å². The van der Waals surface area contributed by atoms with Crippen molar-refractivity contribution in [2.24, 2.45) is 0 Å². The first-order chi connectivity index (χ1) is 12.1. The Labute approximate surface area is 153 Å². The summed E-state index contributed by atoms with van der Waals surface area (Å²) in [5.41, 5.74) is 4.85. The Kier molecular flexibility index (Phi) is 5.43. The van der Waals surface area contributed by atoms with Gasteiger partial charge in [0.05, 0.1) is 0 Å². The summed E-state index contributed by atoms with van der Waals surface area (Å²) >= 11 is 1.74. The molecule has 3 aromatic rings. The summed E-state index contributed by atoms with van der Waals surface area (Å²) in [6.07, 6.45) is 0. The van der Waals surface area contributed by atoms with Crippen molar-refractivity contribution in [2.75, 3.05) is 19.0 Å². The van der Waals surface area contributed by atoms with Gasteiger partial charge in [0.15, 0.2) is 11.0 Å². The maximum Gasteiger partial charge on any atom is 0.191 e. The first-order valence-electron chi connectivity index (χ1n) is 8.47. The summed E-state index contributed by atoms with van der Waals surface area (Å²) in [5, 5.41) is 9.86. The van der Waals surface area contributed by atoms with Crippen LogP contribution in [0.4, 0.5) is 5.69 Å². The first-order valence-corrected chi connectivity index (χ1v) is 9.46. The molecule has 0 unspecified atom stereocenters. The van der Waals surface area contributed by atoms with E-state index in [9.17, 15) is 0 Å². The predicted octanol–water partition coefficient (Wildman–Crippen LogP) is 4.63. The predicted molar refractivity (Wildman–Crippen MR) is 106 cm³/mol. The van der Waals surface area contributed by atoms with Gasteiger partial charge in [-0.2, -0.15) is 0 Å². The highest BCUT2D eigenvalue weighted by Gasteiger charge is 2.14. The maximum atomic E-state index is 4.46. The summed E-state index contributed by atoms with van der Waals surface area (Å²) in [4.78, 5) is 2.10. The third-order valence-corrected chi connectivity index (χ3v) is 5.18. The maximum absolute atomic E-state index is 4.46. The molecule has 1 aromatic heterocycles. The molecule has 4 nitrogen and oxygen atoms in total. The quantitative estimate of drug-likeness (QED) is 0.606. The van der Waals surface area contributed by atoms with Gasteiger partial charge in [0.2, 0.25) is 0 Å². The van der Waals surface area contributed by atoms with E-state index in [4.69, 9.17) is 0 Å². The van der Waals surface area contributed by atoms with Crippen LogP contribution in [0.25, 0.3) is 11.4 Å². The average Bonchev–Trinajstić information content (AvgIpc) is 3.04. The first kappa shape index (κ1) is 17.5. The lowest BCUT2D eigenvalue weighted by Gasteiger charge is -2.14. The lowest BCUT2D eigenvalue weighted by molar-refractivity contribution is 0.687. The van der Waals surface area contributed by atoms with Crippen molar-refractivity contribution in [1.82, 2.24) is 14.8 Å². The van der Waals surface area contributed by atoms with E-state index in [0.717, 1.165) is 34.5 Å². The molecule has 0 aliphatic carbocycles. The number of benzene rings is 2. The second-order valence-electron chi connectivity index (χ2n) is 6.27. The van der Waals surface area contributed by atoms with Crippen LogP contribution in [0, 0.1) is 6.92 Å². The molecular weight excluding hydrogens is 328 g/mol. The van der Waals surface area contributed by atoms with Gasteiger partial charge in [-0.25, -0.2) is 0 Å². The standard InChI is InChI=1S/C20H24N4S/c1-5-24-19(17-7-6-8-18(13-17)23(3)4)21-22-20(24)25-14-16-11-9-15(2)10-12-16/h6-13H,5,14H2,1-4H3. The molecule has 0 aliphatic heterocycles. The molecule has 0 N–H and O–H groups in total. The molecule has 130 valence electrons. The zero-order valence-corrected chi connectivity index (χ0v) is 16.0. The van der Waals surface area contributed by atoms with Crippen LogP contribution >= 0.6 is 11.8 Å². The zero-order valence-electron chi connectivity index (χ0n) is 15.2. The SMILES string of the molecule is CCn1c(SCc2ccc(C)cc2)nnc1-c1cccc(N(C)C)c1. The summed E-state index contributed by atoms with van der Waals surface area (Å²) in [7, 11) is 4.10. The monoisotopic (exact) mass is 352 g/mol. The fourth-order valence-corrected chi connectivity index (χ4v) is 3.61. The smallest absolute Gasteiger partial charge is 0.191 e. The number of nitrogens with zero attached hydrogens (tertiary/aromatic N) is 4. The number of rotatable bonds is 6. The van der Waals surface area contributed by atoms with Gasteiger partial charge in [0, 0.05) is 37.6 Å². The van der Waals surface area contributed by atoms with Crippen molar-refractivity contribution in [3.63, 3.8) is 0 Å². The lowest BCUT2D eigenvalue weighted by atomic mass is 10.2. The Morgan fingerprint density at radius 3 is 2.48 bits per heavy atom. The van der Waals surface area contributed by atoms with E-state index in [2.05, 4.69) is 82.0 Å². The molecule has 5 heteroatoms. The topological polar surface area (TPSA) is 34.0 Å². The second kappa shape index (κ2) is 7.74. The molecular formula is C20H24N4S. The Morgan fingerprint density at radius 1 is 1.04 bits per heavy atom. The lowest BCUT2D eigenvalue weighted by Crippen LogP contribution is -2.08. The molecule has 2 aromatic carbocycles. The average molecular weight is 353 g/mol. The van der Waals surface area contributed by atoms with Crippen molar-refractivity contribution in [3.8, 4) is 11.4 Å². The van der Waals surface area contributed by atoms with Gasteiger partial charge < -0.3 is 9.47 Å². The molecule has 0 radical (unpaired) electrons. The van der Waals surface area contributed by atoms with Gasteiger partial charge >= 0.3 is 0 Å². The molecule has 0 amide bonds. The van der Waals surface area contributed by atoms with Gasteiger partial charge in [-0.15, -0.1) is 10.2 Å². The third kappa shape index (κ3) is 4.04. The zero-order chi connectivity index (χ0) is 17.8. The second-order valence-corrected chi connectivity index (χ2v) is 7.21. The van der Waals surface area contributed by atoms with Crippen LogP contribution < -0.4 is 4.90 Å². The fraction of sp³-hybridized carbons (Fsp3) is 0.300. The van der Waals surface area contributed by atoms with Gasteiger partial charge in [0.1, 0.15) is 0 Å². The van der Waals surface area contributed by atoms with Crippen molar-refractivity contribution in [1.29, 1.82) is 0 Å². The molecule has 3 rings (SSSR count). The van der Waals surface area contributed by atoms with E-state index in [0.29, 0.717) is 0 Å². The van der Waals surface area contributed by atoms with E-state index in [1.807, 2.05) is 14.1 Å². The van der Waals surface area contributed by atoms with Crippen LogP contribution in [-0.4, -0.2) is 28.9 Å². The van der Waals surface area contributed by atoms with Crippen LogP contribution in [0.5, 0.6) is 0 Å². The highest BCUT2D eigenvalue weighted by molar-refractivity contribution is 7.98. The Balaban J connectivity index is 1.83. The van der Waals surface area contributed by atoms with Crippen molar-refractivity contribution >= 4 is 17.4 Å². The van der Waals surface area contributed by atoms with Gasteiger partial charge in [-0.05, 0) is 31.5 Å². The highest BCUT2D eigenvalue weighted by atomic mass is 32.2. The van der Waals surface area contributed by atoms with Crippen LogP contribution in [-0.2, 0) is 12.3 Å². The highest BCUT2D eigenvalue weighted by Crippen LogP contribution is 2.28. The molecule has 0 atom stereocenters. The Hall–Kier alpha value is -2.27. The minimum Gasteiger partial charge on any atom is -0.378 e. The minimum absolute atomic E-state index is 0.852. The van der Waals surface area contributed by atoms with E-state index in [1.165, 1.54) is 11.1 Å². The van der Waals surface area contributed by atoms with E-state index < -0.39 is 0 Å². The van der Waals surface area contributed by atoms with Crippen LogP contribution in [0.3, 0.4) is 0 Å². The number of aryl methyl sites for hydroxylation is 1. The third-order valence-electron chi connectivity index (χ3n) is 4.14. The molecule has 0 fully saturated rings. The summed E-state index contributed by atoms with van der Waals surface area (Å²) in [5.74, 6) is 1.83. The summed E-state index contributed by atoms with van der Waals surface area (Å²) < 4.78 is 2.19. The molecule has 0 bridgehead atoms. The van der Waals surface area contributed by atoms with E-state index >= 15 is 0 Å². The normalized spacial score (nSPS) is 10.9. The van der Waals surface area contributed by atoms with Crippen LogP contribution in [0.15, 0.2) is 53.7 Å². The van der Waals surface area contributed by atoms with Gasteiger partial charge in [0.25, 0.3) is 0 Å². The van der Waals surface area contributed by atoms with Crippen molar-refractivity contribution in [2.45, 2.75) is 31.3 Å². The van der Waals surface area contributed by atoms with Crippen LogP contribution in [0.2, 0.25) is 0 Å². The molecule has 0 saturated heterocycles. The minimum atomic E-state index is 0.852. The van der Waals surface area contributed by atoms with Crippen LogP contribution in [0.1, 0.15) is 18.1 Å². The number of hydrogen-bond donors (Lipinski definition) is 0. The molecule has 0 aliphatic rings. The van der Waals surface area contributed by atoms with E-state index in [-0.39, 0.29) is 0 Å². The Bertz CT molecular complexity index is 837. The number of hydrogen-bond acceptors (Lipinski definition) is 4. The van der Waals surface area contributed by atoms with Gasteiger partial charge in [-0.1, -0.05) is 53.7 Å². The van der Waals surface area contributed by atoms with Gasteiger partial charge in [-0.3, -0.25) is 0 Å². The number of anilines is 1. The number of aromatic nitrogens is 3. The summed E-state index contributed by atoms with van der Waals surface area (Å²) in [6.45, 7) is 5.10. The largest absolute Gasteiger partial charge is 0.378 e. The molecule has 0 saturated carbocycles. The number of thioether (sulfide) groups is 1. The Morgan fingerprint density at radius 2 is 1.80 bits per heavy atom.